The van der Waals surface area contributed by atoms with Gasteiger partial charge in [-0.25, -0.2) is 0 Å². The largest absolute Gasteiger partial charge is 0.343 e. The Labute approximate surface area is 116 Å². The second-order valence-electron chi connectivity index (χ2n) is 5.02. The molecule has 0 aromatic rings. The molecule has 5 nitrogen and oxygen atoms in total. The first-order chi connectivity index (χ1) is 9.13. The van der Waals surface area contributed by atoms with Crippen LogP contribution in [0.2, 0.25) is 0 Å². The average molecular weight is 269 g/mol. The molecule has 0 atom stereocenters. The number of piperidine rings is 1. The van der Waals surface area contributed by atoms with Crippen molar-refractivity contribution < 1.29 is 9.59 Å². The maximum Gasteiger partial charge on any atom is 0.225 e. The summed E-state index contributed by atoms with van der Waals surface area (Å²) in [4.78, 5) is 27.9. The van der Waals surface area contributed by atoms with Crippen LogP contribution in [0.5, 0.6) is 0 Å². The SMILES string of the molecule is CCN(CC)C(=O)C1CCN(C(=O)CCNC)CC1. The molecule has 0 unspecified atom stereocenters. The van der Waals surface area contributed by atoms with Gasteiger partial charge in [0, 0.05) is 45.1 Å². The zero-order valence-electron chi connectivity index (χ0n) is 12.4. The molecule has 1 saturated heterocycles. The van der Waals surface area contributed by atoms with Crippen LogP contribution in [0.3, 0.4) is 0 Å². The van der Waals surface area contributed by atoms with Crippen molar-refractivity contribution in [2.45, 2.75) is 33.1 Å². The Bertz CT molecular complexity index is 295. The van der Waals surface area contributed by atoms with Gasteiger partial charge < -0.3 is 15.1 Å². The summed E-state index contributed by atoms with van der Waals surface area (Å²) < 4.78 is 0. The average Bonchev–Trinajstić information content (AvgIpc) is 2.46. The number of nitrogens with one attached hydrogen (secondary N) is 1. The number of nitrogens with zero attached hydrogens (tertiary/aromatic N) is 2. The summed E-state index contributed by atoms with van der Waals surface area (Å²) in [5, 5.41) is 2.99. The lowest BCUT2D eigenvalue weighted by Gasteiger charge is -2.33. The molecule has 0 radical (unpaired) electrons. The fourth-order valence-electron chi connectivity index (χ4n) is 2.56. The monoisotopic (exact) mass is 269 g/mol. The van der Waals surface area contributed by atoms with Crippen LogP contribution in [0.25, 0.3) is 0 Å². The van der Waals surface area contributed by atoms with Crippen molar-refractivity contribution in [1.82, 2.24) is 15.1 Å². The molecule has 0 aromatic carbocycles. The van der Waals surface area contributed by atoms with Crippen LogP contribution >= 0.6 is 0 Å². The summed E-state index contributed by atoms with van der Waals surface area (Å²) >= 11 is 0. The van der Waals surface area contributed by atoms with E-state index in [1.807, 2.05) is 30.7 Å². The summed E-state index contributed by atoms with van der Waals surface area (Å²) in [6, 6.07) is 0. The highest BCUT2D eigenvalue weighted by Crippen LogP contribution is 2.20. The molecule has 1 heterocycles. The second-order valence-corrected chi connectivity index (χ2v) is 5.02. The number of hydrogen-bond acceptors (Lipinski definition) is 3. The van der Waals surface area contributed by atoms with Gasteiger partial charge in [0.1, 0.15) is 0 Å². The van der Waals surface area contributed by atoms with Gasteiger partial charge in [0.2, 0.25) is 11.8 Å². The number of hydrogen-bond donors (Lipinski definition) is 1. The van der Waals surface area contributed by atoms with Gasteiger partial charge in [0.05, 0.1) is 0 Å². The van der Waals surface area contributed by atoms with Gasteiger partial charge in [-0.1, -0.05) is 0 Å². The van der Waals surface area contributed by atoms with Gasteiger partial charge >= 0.3 is 0 Å². The molecule has 1 rings (SSSR count). The molecule has 0 bridgehead atoms. The number of likely N-dealkylation sites (tertiary alicyclic amines) is 1. The van der Waals surface area contributed by atoms with Crippen molar-refractivity contribution in [2.24, 2.45) is 5.92 Å². The maximum atomic E-state index is 12.2. The molecule has 1 aliphatic rings. The third kappa shape index (κ3) is 4.49. The lowest BCUT2D eigenvalue weighted by atomic mass is 9.95. The molecule has 19 heavy (non-hydrogen) atoms. The van der Waals surface area contributed by atoms with E-state index in [0.717, 1.165) is 45.6 Å². The van der Waals surface area contributed by atoms with Gasteiger partial charge in [-0.15, -0.1) is 0 Å². The number of rotatable bonds is 6. The van der Waals surface area contributed by atoms with E-state index in [9.17, 15) is 9.59 Å². The fourth-order valence-corrected chi connectivity index (χ4v) is 2.56. The van der Waals surface area contributed by atoms with Crippen LogP contribution in [0, 0.1) is 5.92 Å². The van der Waals surface area contributed by atoms with E-state index >= 15 is 0 Å². The smallest absolute Gasteiger partial charge is 0.225 e. The first kappa shape index (κ1) is 16.0. The minimum absolute atomic E-state index is 0.105. The van der Waals surface area contributed by atoms with Crippen molar-refractivity contribution in [3.05, 3.63) is 0 Å². The van der Waals surface area contributed by atoms with E-state index < -0.39 is 0 Å². The van der Waals surface area contributed by atoms with Crippen molar-refractivity contribution >= 4 is 11.8 Å². The van der Waals surface area contributed by atoms with E-state index in [-0.39, 0.29) is 17.7 Å². The lowest BCUT2D eigenvalue weighted by molar-refractivity contribution is -0.140. The first-order valence-corrected chi connectivity index (χ1v) is 7.35. The molecule has 0 aliphatic carbocycles. The van der Waals surface area contributed by atoms with E-state index in [2.05, 4.69) is 5.32 Å². The van der Waals surface area contributed by atoms with Crippen molar-refractivity contribution in [3.8, 4) is 0 Å². The highest BCUT2D eigenvalue weighted by atomic mass is 16.2. The summed E-state index contributed by atoms with van der Waals surface area (Å²) in [7, 11) is 1.85. The third-order valence-corrected chi connectivity index (χ3v) is 3.86. The predicted molar refractivity (Wildman–Crippen MR) is 75.8 cm³/mol. The van der Waals surface area contributed by atoms with Gasteiger partial charge in [0.15, 0.2) is 0 Å². The quantitative estimate of drug-likeness (QED) is 0.772. The van der Waals surface area contributed by atoms with Crippen LogP contribution in [0.15, 0.2) is 0 Å². The Morgan fingerprint density at radius 1 is 1.21 bits per heavy atom. The standard InChI is InChI=1S/C14H27N3O2/c1-4-16(5-2)14(19)12-7-10-17(11-8-12)13(18)6-9-15-3/h12,15H,4-11H2,1-3H3. The molecular weight excluding hydrogens is 242 g/mol. The van der Waals surface area contributed by atoms with Crippen molar-refractivity contribution in [2.75, 3.05) is 39.8 Å². The van der Waals surface area contributed by atoms with Gasteiger partial charge in [-0.2, -0.15) is 0 Å². The minimum Gasteiger partial charge on any atom is -0.343 e. The lowest BCUT2D eigenvalue weighted by Crippen LogP contribution is -2.44. The fraction of sp³-hybridized carbons (Fsp3) is 0.857. The third-order valence-electron chi connectivity index (χ3n) is 3.86. The Hall–Kier alpha value is -1.10. The van der Waals surface area contributed by atoms with Crippen LogP contribution in [-0.4, -0.2) is 61.4 Å². The predicted octanol–water partition coefficient (Wildman–Crippen LogP) is 0.703. The van der Waals surface area contributed by atoms with Crippen LogP contribution in [0.1, 0.15) is 33.1 Å². The summed E-state index contributed by atoms with van der Waals surface area (Å²) in [5.41, 5.74) is 0. The first-order valence-electron chi connectivity index (χ1n) is 7.35. The summed E-state index contributed by atoms with van der Waals surface area (Å²) in [6.07, 6.45) is 2.16. The number of carbonyl (C=O) groups excluding carboxylic acids is 2. The zero-order chi connectivity index (χ0) is 14.3. The summed E-state index contributed by atoms with van der Waals surface area (Å²) in [6.45, 7) is 7.74. The molecule has 1 aliphatic heterocycles. The molecule has 0 saturated carbocycles. The minimum atomic E-state index is 0.105. The van der Waals surface area contributed by atoms with Crippen LogP contribution in [0.4, 0.5) is 0 Å². The summed E-state index contributed by atoms with van der Waals surface area (Å²) in [5.74, 6) is 0.559. The van der Waals surface area contributed by atoms with Gasteiger partial charge in [0.25, 0.3) is 0 Å². The van der Waals surface area contributed by atoms with E-state index in [1.165, 1.54) is 0 Å². The highest BCUT2D eigenvalue weighted by molar-refractivity contribution is 5.80. The van der Waals surface area contributed by atoms with E-state index in [0.29, 0.717) is 6.42 Å². The molecule has 1 N–H and O–H groups in total. The van der Waals surface area contributed by atoms with Crippen LogP contribution in [-0.2, 0) is 9.59 Å². The molecule has 110 valence electrons. The van der Waals surface area contributed by atoms with Gasteiger partial charge in [-0.3, -0.25) is 9.59 Å². The maximum absolute atomic E-state index is 12.2. The Morgan fingerprint density at radius 2 is 1.79 bits per heavy atom. The van der Waals surface area contributed by atoms with E-state index in [1.54, 1.807) is 0 Å². The Balaban J connectivity index is 2.40. The normalized spacial score (nSPS) is 16.5. The molecular formula is C14H27N3O2. The molecule has 5 heteroatoms. The Morgan fingerprint density at radius 3 is 2.26 bits per heavy atom. The van der Waals surface area contributed by atoms with Gasteiger partial charge in [-0.05, 0) is 33.7 Å². The van der Waals surface area contributed by atoms with E-state index in [4.69, 9.17) is 0 Å². The number of carbonyl (C=O) groups is 2. The highest BCUT2D eigenvalue weighted by Gasteiger charge is 2.28. The van der Waals surface area contributed by atoms with Crippen molar-refractivity contribution in [1.29, 1.82) is 0 Å². The molecule has 2 amide bonds. The topological polar surface area (TPSA) is 52.7 Å². The molecule has 0 spiro atoms. The number of amides is 2. The Kier molecular flexibility index (Phi) is 6.84. The van der Waals surface area contributed by atoms with Crippen LogP contribution < -0.4 is 5.32 Å². The molecule has 1 fully saturated rings. The van der Waals surface area contributed by atoms with Crippen molar-refractivity contribution in [3.63, 3.8) is 0 Å². The zero-order valence-corrected chi connectivity index (χ0v) is 12.4. The second kappa shape index (κ2) is 8.15. The molecule has 0 aromatic heterocycles.